The maximum atomic E-state index is 5.92. The summed E-state index contributed by atoms with van der Waals surface area (Å²) >= 11 is 13.1. The van der Waals surface area contributed by atoms with Gasteiger partial charge in [0.2, 0.25) is 5.95 Å². The van der Waals surface area contributed by atoms with Crippen LogP contribution in [-0.2, 0) is 0 Å². The van der Waals surface area contributed by atoms with Crippen molar-refractivity contribution in [2.45, 2.75) is 0 Å². The number of nitrogens with one attached hydrogen (secondary N) is 1. The summed E-state index contributed by atoms with van der Waals surface area (Å²) in [6.45, 7) is 0. The third kappa shape index (κ3) is 2.50. The number of hydrogen-bond donors (Lipinski definition) is 2. The van der Waals surface area contributed by atoms with Crippen LogP contribution in [0.1, 0.15) is 0 Å². The van der Waals surface area contributed by atoms with Crippen LogP contribution in [0.2, 0.25) is 9.49 Å². The van der Waals surface area contributed by atoms with Crippen LogP contribution in [0.3, 0.4) is 0 Å². The molecule has 0 atom stereocenters. The number of halogens is 2. The van der Waals surface area contributed by atoms with Crippen LogP contribution in [-0.4, -0.2) is 9.97 Å². The van der Waals surface area contributed by atoms with E-state index < -0.39 is 0 Å². The van der Waals surface area contributed by atoms with Crippen molar-refractivity contribution in [2.24, 2.45) is 0 Å². The number of nitrogens with zero attached hydrogens (tertiary/aromatic N) is 2. The average Bonchev–Trinajstić information content (AvgIpc) is 2.50. The van der Waals surface area contributed by atoms with Crippen LogP contribution in [0.4, 0.5) is 17.5 Å². The molecule has 0 radical (unpaired) electrons. The number of anilines is 3. The second-order valence-electron chi connectivity index (χ2n) is 2.67. The van der Waals surface area contributed by atoms with E-state index >= 15 is 0 Å². The lowest BCUT2D eigenvalue weighted by atomic mass is 10.5. The Hall–Kier alpha value is -1.04. The van der Waals surface area contributed by atoms with E-state index in [0.29, 0.717) is 10.2 Å². The largest absolute Gasteiger partial charge is 0.368 e. The predicted octanol–water partition coefficient (Wildman–Crippen LogP) is 3.17. The molecule has 2 aromatic rings. The first-order valence-corrected chi connectivity index (χ1v) is 5.59. The minimum Gasteiger partial charge on any atom is -0.368 e. The molecular weight excluding hydrogens is 255 g/mol. The maximum Gasteiger partial charge on any atom is 0.223 e. The van der Waals surface area contributed by atoms with Gasteiger partial charge in [-0.2, -0.15) is 4.98 Å². The summed E-state index contributed by atoms with van der Waals surface area (Å²) in [4.78, 5) is 7.71. The lowest BCUT2D eigenvalue weighted by molar-refractivity contribution is 1.19. The van der Waals surface area contributed by atoms with Gasteiger partial charge in [-0.25, -0.2) is 4.98 Å². The molecule has 0 aliphatic rings. The molecule has 2 heterocycles. The van der Waals surface area contributed by atoms with Crippen LogP contribution in [0.15, 0.2) is 17.5 Å². The number of rotatable bonds is 2. The number of thiophene rings is 1. The highest BCUT2D eigenvalue weighted by Gasteiger charge is 2.04. The Morgan fingerprint density at radius 3 is 2.73 bits per heavy atom. The van der Waals surface area contributed by atoms with Crippen molar-refractivity contribution in [3.05, 3.63) is 27.0 Å². The molecule has 0 unspecified atom stereocenters. The summed E-state index contributed by atoms with van der Waals surface area (Å²) in [6, 6.07) is 3.42. The average molecular weight is 261 g/mol. The molecule has 0 fully saturated rings. The van der Waals surface area contributed by atoms with E-state index in [1.165, 1.54) is 11.3 Å². The van der Waals surface area contributed by atoms with Gasteiger partial charge >= 0.3 is 0 Å². The third-order valence-corrected chi connectivity index (χ3v) is 2.96. The smallest absolute Gasteiger partial charge is 0.223 e. The van der Waals surface area contributed by atoms with Crippen LogP contribution >= 0.6 is 34.5 Å². The fourth-order valence-corrected chi connectivity index (χ4v) is 2.04. The normalized spacial score (nSPS) is 10.3. The van der Waals surface area contributed by atoms with Crippen molar-refractivity contribution in [3.8, 4) is 0 Å². The van der Waals surface area contributed by atoms with E-state index in [9.17, 15) is 0 Å². The van der Waals surface area contributed by atoms with Crippen LogP contribution in [0, 0.1) is 0 Å². The molecule has 2 aromatic heterocycles. The van der Waals surface area contributed by atoms with Gasteiger partial charge in [0, 0.05) is 6.07 Å². The van der Waals surface area contributed by atoms with Crippen molar-refractivity contribution in [3.63, 3.8) is 0 Å². The molecule has 0 bridgehead atoms. The van der Waals surface area contributed by atoms with Crippen molar-refractivity contribution >= 4 is 52.0 Å². The molecule has 4 nitrogen and oxygen atoms in total. The molecule has 0 aliphatic carbocycles. The first-order valence-electron chi connectivity index (χ1n) is 3.95. The van der Waals surface area contributed by atoms with E-state index in [-0.39, 0.29) is 11.1 Å². The molecule has 0 spiro atoms. The topological polar surface area (TPSA) is 63.8 Å². The van der Waals surface area contributed by atoms with Crippen LogP contribution in [0.5, 0.6) is 0 Å². The summed E-state index contributed by atoms with van der Waals surface area (Å²) < 4.78 is 0.656. The number of aromatic nitrogens is 2. The Kier molecular flexibility index (Phi) is 2.95. The van der Waals surface area contributed by atoms with Gasteiger partial charge in [0.15, 0.2) is 0 Å². The van der Waals surface area contributed by atoms with Crippen molar-refractivity contribution in [2.75, 3.05) is 11.1 Å². The Morgan fingerprint density at radius 2 is 2.13 bits per heavy atom. The Labute approximate surface area is 100 Å². The monoisotopic (exact) mass is 260 g/mol. The molecule has 3 N–H and O–H groups in total. The zero-order valence-electron chi connectivity index (χ0n) is 7.37. The summed E-state index contributed by atoms with van der Waals surface area (Å²) in [7, 11) is 0. The van der Waals surface area contributed by atoms with Gasteiger partial charge in [0.25, 0.3) is 0 Å². The molecule has 0 saturated heterocycles. The summed E-state index contributed by atoms with van der Waals surface area (Å²) in [5, 5.41) is 5.16. The van der Waals surface area contributed by atoms with E-state index in [4.69, 9.17) is 28.9 Å². The SMILES string of the molecule is Nc1nc(Cl)cc(Nc2ccsc2Cl)n1. The molecule has 0 aromatic carbocycles. The van der Waals surface area contributed by atoms with Crippen molar-refractivity contribution < 1.29 is 0 Å². The van der Waals surface area contributed by atoms with E-state index in [1.807, 2.05) is 11.4 Å². The zero-order valence-corrected chi connectivity index (χ0v) is 9.70. The number of nitrogens with two attached hydrogens (primary N) is 1. The predicted molar refractivity (Wildman–Crippen MR) is 64.1 cm³/mol. The molecule has 0 aliphatic heterocycles. The van der Waals surface area contributed by atoms with E-state index in [1.54, 1.807) is 6.07 Å². The lowest BCUT2D eigenvalue weighted by Gasteiger charge is -2.04. The fourth-order valence-electron chi connectivity index (χ4n) is 1.02. The fraction of sp³-hybridized carbons (Fsp3) is 0. The van der Waals surface area contributed by atoms with Crippen LogP contribution < -0.4 is 11.1 Å². The molecule has 15 heavy (non-hydrogen) atoms. The first kappa shape index (κ1) is 10.5. The Balaban J connectivity index is 2.28. The minimum absolute atomic E-state index is 0.122. The molecule has 0 saturated carbocycles. The van der Waals surface area contributed by atoms with Gasteiger partial charge in [0.1, 0.15) is 15.3 Å². The Morgan fingerprint density at radius 1 is 1.33 bits per heavy atom. The van der Waals surface area contributed by atoms with Gasteiger partial charge in [-0.05, 0) is 11.4 Å². The maximum absolute atomic E-state index is 5.92. The zero-order chi connectivity index (χ0) is 10.8. The van der Waals surface area contributed by atoms with Crippen molar-refractivity contribution in [1.29, 1.82) is 0 Å². The number of nitrogen functional groups attached to an aromatic ring is 1. The minimum atomic E-state index is 0.122. The molecule has 2 rings (SSSR count). The number of hydrogen-bond acceptors (Lipinski definition) is 5. The van der Waals surface area contributed by atoms with Crippen LogP contribution in [0.25, 0.3) is 0 Å². The van der Waals surface area contributed by atoms with Gasteiger partial charge in [-0.3, -0.25) is 0 Å². The summed E-state index contributed by atoms with van der Waals surface area (Å²) in [5.41, 5.74) is 6.22. The second kappa shape index (κ2) is 4.22. The molecule has 78 valence electrons. The van der Waals surface area contributed by atoms with E-state index in [0.717, 1.165) is 5.69 Å². The Bertz CT molecular complexity index is 465. The lowest BCUT2D eigenvalue weighted by Crippen LogP contribution is -1.99. The van der Waals surface area contributed by atoms with Crippen molar-refractivity contribution in [1.82, 2.24) is 9.97 Å². The third-order valence-electron chi connectivity index (χ3n) is 1.59. The molecular formula is C8H6Cl2N4S. The van der Waals surface area contributed by atoms with Gasteiger partial charge in [0.05, 0.1) is 5.69 Å². The second-order valence-corrected chi connectivity index (χ2v) is 4.57. The first-order chi connectivity index (χ1) is 7.15. The molecule has 7 heteroatoms. The molecule has 0 amide bonds. The highest BCUT2D eigenvalue weighted by molar-refractivity contribution is 7.15. The van der Waals surface area contributed by atoms with E-state index in [2.05, 4.69) is 15.3 Å². The highest BCUT2D eigenvalue weighted by atomic mass is 35.5. The summed E-state index contributed by atoms with van der Waals surface area (Å²) in [6.07, 6.45) is 0. The quantitative estimate of drug-likeness (QED) is 0.815. The standard InChI is InChI=1S/C8H6Cl2N4S/c9-5-3-6(14-8(11)13-5)12-4-1-2-15-7(4)10/h1-3H,(H3,11,12,13,14). The van der Waals surface area contributed by atoms with Gasteiger partial charge < -0.3 is 11.1 Å². The summed E-state index contributed by atoms with van der Waals surface area (Å²) in [5.74, 6) is 0.643. The van der Waals surface area contributed by atoms with Gasteiger partial charge in [-0.15, -0.1) is 11.3 Å². The van der Waals surface area contributed by atoms with Gasteiger partial charge in [-0.1, -0.05) is 23.2 Å². The highest BCUT2D eigenvalue weighted by Crippen LogP contribution is 2.30.